The van der Waals surface area contributed by atoms with Gasteiger partial charge in [-0.3, -0.25) is 9.69 Å². The average molecular weight is 455 g/mol. The fourth-order valence-corrected chi connectivity index (χ4v) is 4.61. The third-order valence-corrected chi connectivity index (χ3v) is 6.16. The molecule has 1 aromatic heterocycles. The van der Waals surface area contributed by atoms with Gasteiger partial charge in [-0.2, -0.15) is 0 Å². The van der Waals surface area contributed by atoms with E-state index in [-0.39, 0.29) is 5.91 Å². The zero-order valence-electron chi connectivity index (χ0n) is 16.1. The number of rotatable bonds is 4. The van der Waals surface area contributed by atoms with Crippen molar-refractivity contribution in [1.29, 1.82) is 0 Å². The largest absolute Gasteiger partial charge is 0.377 e. The third kappa shape index (κ3) is 3.95. The van der Waals surface area contributed by atoms with Gasteiger partial charge in [0.1, 0.15) is 5.82 Å². The van der Waals surface area contributed by atoms with Crippen molar-refractivity contribution in [1.82, 2.24) is 14.5 Å². The van der Waals surface area contributed by atoms with E-state index in [0.29, 0.717) is 11.7 Å². The van der Waals surface area contributed by atoms with Gasteiger partial charge in [-0.25, -0.2) is 4.98 Å². The molecule has 3 aromatic rings. The number of anilines is 1. The zero-order valence-corrected chi connectivity index (χ0v) is 17.7. The Morgan fingerprint density at radius 3 is 3.00 bits per heavy atom. The van der Waals surface area contributed by atoms with Gasteiger partial charge in [0.25, 0.3) is 5.91 Å². The van der Waals surface area contributed by atoms with E-state index in [2.05, 4.69) is 36.8 Å². The molecule has 0 bridgehead atoms. The van der Waals surface area contributed by atoms with Crippen LogP contribution in [0.1, 0.15) is 29.0 Å². The first kappa shape index (κ1) is 18.8. The molecule has 3 heterocycles. The SMILES string of the molecule is O=C(Nc1ccc2c(c1)nc1n2CCN(CC2CCCO2)C1)c1cccc(Br)c1. The van der Waals surface area contributed by atoms with Gasteiger partial charge in [-0.15, -0.1) is 0 Å². The number of amides is 1. The molecule has 0 radical (unpaired) electrons. The van der Waals surface area contributed by atoms with E-state index < -0.39 is 0 Å². The second kappa shape index (κ2) is 7.89. The Morgan fingerprint density at radius 2 is 2.17 bits per heavy atom. The van der Waals surface area contributed by atoms with Gasteiger partial charge in [0.15, 0.2) is 0 Å². The lowest BCUT2D eigenvalue weighted by atomic mass is 10.2. The van der Waals surface area contributed by atoms with Crippen LogP contribution in [-0.4, -0.2) is 46.2 Å². The minimum Gasteiger partial charge on any atom is -0.377 e. The van der Waals surface area contributed by atoms with E-state index in [4.69, 9.17) is 9.72 Å². The molecule has 6 nitrogen and oxygen atoms in total. The van der Waals surface area contributed by atoms with E-state index in [1.54, 1.807) is 6.07 Å². The van der Waals surface area contributed by atoms with E-state index in [1.807, 2.05) is 30.3 Å². The lowest BCUT2D eigenvalue weighted by Crippen LogP contribution is -2.38. The van der Waals surface area contributed by atoms with E-state index >= 15 is 0 Å². The van der Waals surface area contributed by atoms with Crippen molar-refractivity contribution in [3.05, 3.63) is 58.3 Å². The Labute approximate surface area is 178 Å². The molecule has 2 aromatic carbocycles. The quantitative estimate of drug-likeness (QED) is 0.645. The van der Waals surface area contributed by atoms with Gasteiger partial charge in [-0.1, -0.05) is 22.0 Å². The molecule has 7 heteroatoms. The molecule has 1 unspecified atom stereocenters. The second-order valence-electron chi connectivity index (χ2n) is 7.72. The summed E-state index contributed by atoms with van der Waals surface area (Å²) in [5.74, 6) is 0.956. The first-order chi connectivity index (χ1) is 14.2. The highest BCUT2D eigenvalue weighted by Gasteiger charge is 2.24. The van der Waals surface area contributed by atoms with Gasteiger partial charge in [0, 0.05) is 42.0 Å². The van der Waals surface area contributed by atoms with Crippen LogP contribution in [0.3, 0.4) is 0 Å². The monoisotopic (exact) mass is 454 g/mol. The van der Waals surface area contributed by atoms with Crippen LogP contribution < -0.4 is 5.32 Å². The van der Waals surface area contributed by atoms with Gasteiger partial charge in [0.05, 0.1) is 23.7 Å². The molecule has 1 amide bonds. The van der Waals surface area contributed by atoms with Crippen LogP contribution in [0.15, 0.2) is 46.9 Å². The summed E-state index contributed by atoms with van der Waals surface area (Å²) in [6.07, 6.45) is 2.70. The Bertz CT molecular complexity index is 1060. The maximum Gasteiger partial charge on any atom is 0.255 e. The molecule has 29 heavy (non-hydrogen) atoms. The number of ether oxygens (including phenoxy) is 1. The number of halogens is 1. The highest BCUT2D eigenvalue weighted by Crippen LogP contribution is 2.25. The summed E-state index contributed by atoms with van der Waals surface area (Å²) in [6.45, 7) is 4.67. The topological polar surface area (TPSA) is 59.4 Å². The van der Waals surface area contributed by atoms with Crippen LogP contribution in [-0.2, 0) is 17.8 Å². The van der Waals surface area contributed by atoms with Crippen LogP contribution in [0.4, 0.5) is 5.69 Å². The molecule has 0 aliphatic carbocycles. The van der Waals surface area contributed by atoms with Crippen molar-refractivity contribution < 1.29 is 9.53 Å². The second-order valence-corrected chi connectivity index (χ2v) is 8.63. The van der Waals surface area contributed by atoms with Crippen LogP contribution in [0.25, 0.3) is 11.0 Å². The van der Waals surface area contributed by atoms with Gasteiger partial charge < -0.3 is 14.6 Å². The number of hydrogen-bond donors (Lipinski definition) is 1. The summed E-state index contributed by atoms with van der Waals surface area (Å²) in [7, 11) is 0. The maximum atomic E-state index is 12.5. The van der Waals surface area contributed by atoms with E-state index in [9.17, 15) is 4.79 Å². The molecule has 0 saturated carbocycles. The van der Waals surface area contributed by atoms with Crippen molar-refractivity contribution >= 4 is 38.6 Å². The van der Waals surface area contributed by atoms with Crippen molar-refractivity contribution in [3.8, 4) is 0 Å². The molecule has 1 saturated heterocycles. The molecule has 5 rings (SSSR count). The molecular weight excluding hydrogens is 432 g/mol. The van der Waals surface area contributed by atoms with Crippen molar-refractivity contribution in [2.24, 2.45) is 0 Å². The molecule has 2 aliphatic rings. The smallest absolute Gasteiger partial charge is 0.255 e. The summed E-state index contributed by atoms with van der Waals surface area (Å²) in [4.78, 5) is 19.8. The minimum absolute atomic E-state index is 0.127. The van der Waals surface area contributed by atoms with Crippen LogP contribution in [0.2, 0.25) is 0 Å². The lowest BCUT2D eigenvalue weighted by Gasteiger charge is -2.29. The number of fused-ring (bicyclic) bond motifs is 3. The Balaban J connectivity index is 1.33. The standard InChI is InChI=1S/C22H23BrN4O2/c23-16-4-1-3-15(11-16)22(28)24-17-6-7-20-19(12-17)25-21-14-26(8-9-27(20)21)13-18-5-2-10-29-18/h1,3-4,6-7,11-12,18H,2,5,8-10,13-14H2,(H,24,28). The fraction of sp³-hybridized carbons (Fsp3) is 0.364. The summed E-state index contributed by atoms with van der Waals surface area (Å²) in [6, 6.07) is 13.3. The van der Waals surface area contributed by atoms with Gasteiger partial charge >= 0.3 is 0 Å². The molecule has 2 aliphatic heterocycles. The minimum atomic E-state index is -0.127. The molecule has 0 spiro atoms. The fourth-order valence-electron chi connectivity index (χ4n) is 4.21. The molecular formula is C22H23BrN4O2. The van der Waals surface area contributed by atoms with E-state index in [1.165, 1.54) is 6.42 Å². The number of aromatic nitrogens is 2. The number of nitrogens with zero attached hydrogens (tertiary/aromatic N) is 3. The van der Waals surface area contributed by atoms with Gasteiger partial charge in [0.2, 0.25) is 0 Å². The third-order valence-electron chi connectivity index (χ3n) is 5.66. The highest BCUT2D eigenvalue weighted by molar-refractivity contribution is 9.10. The Kier molecular flexibility index (Phi) is 5.11. The van der Waals surface area contributed by atoms with Crippen molar-refractivity contribution in [3.63, 3.8) is 0 Å². The predicted octanol–water partition coefficient (Wildman–Crippen LogP) is 4.05. The number of carbonyl (C=O) groups excluding carboxylic acids is 1. The number of imidazole rings is 1. The first-order valence-corrected chi connectivity index (χ1v) is 10.8. The number of nitrogens with one attached hydrogen (secondary N) is 1. The van der Waals surface area contributed by atoms with Crippen molar-refractivity contribution in [2.45, 2.75) is 32.0 Å². The normalized spacial score (nSPS) is 19.4. The number of benzene rings is 2. The maximum absolute atomic E-state index is 12.5. The average Bonchev–Trinajstić information content (AvgIpc) is 3.34. The summed E-state index contributed by atoms with van der Waals surface area (Å²) in [5.41, 5.74) is 3.42. The van der Waals surface area contributed by atoms with Crippen LogP contribution in [0, 0.1) is 0 Å². The summed E-state index contributed by atoms with van der Waals surface area (Å²) in [5, 5.41) is 2.98. The Hall–Kier alpha value is -2.22. The van der Waals surface area contributed by atoms with Crippen molar-refractivity contribution in [2.75, 3.05) is 25.0 Å². The molecule has 1 N–H and O–H groups in total. The predicted molar refractivity (Wildman–Crippen MR) is 116 cm³/mol. The van der Waals surface area contributed by atoms with E-state index in [0.717, 1.165) is 66.2 Å². The lowest BCUT2D eigenvalue weighted by molar-refractivity contribution is 0.0636. The van der Waals surface area contributed by atoms with Gasteiger partial charge in [-0.05, 0) is 49.2 Å². The highest BCUT2D eigenvalue weighted by atomic mass is 79.9. The molecule has 1 atom stereocenters. The van der Waals surface area contributed by atoms with Crippen LogP contribution in [0.5, 0.6) is 0 Å². The number of hydrogen-bond acceptors (Lipinski definition) is 4. The number of carbonyl (C=O) groups is 1. The molecule has 1 fully saturated rings. The zero-order chi connectivity index (χ0) is 19.8. The first-order valence-electron chi connectivity index (χ1n) is 10.1. The Morgan fingerprint density at radius 1 is 1.24 bits per heavy atom. The summed E-state index contributed by atoms with van der Waals surface area (Å²) >= 11 is 3.41. The molecule has 150 valence electrons. The summed E-state index contributed by atoms with van der Waals surface area (Å²) < 4.78 is 8.96. The van der Waals surface area contributed by atoms with Crippen LogP contribution >= 0.6 is 15.9 Å².